The molecule has 2 rings (SSSR count). The van der Waals surface area contributed by atoms with Crippen molar-refractivity contribution in [1.82, 2.24) is 5.32 Å². The van der Waals surface area contributed by atoms with Crippen LogP contribution in [0.5, 0.6) is 5.75 Å². The number of rotatable bonds is 2. The van der Waals surface area contributed by atoms with E-state index in [9.17, 15) is 0 Å². The van der Waals surface area contributed by atoms with Gasteiger partial charge in [0.25, 0.3) is 0 Å². The molecular formula is C11H14INO2. The first-order chi connectivity index (χ1) is 7.31. The Bertz CT molecular complexity index is 337. The molecule has 0 spiro atoms. The van der Waals surface area contributed by atoms with Crippen LogP contribution < -0.4 is 10.1 Å². The number of halogens is 1. The summed E-state index contributed by atoms with van der Waals surface area (Å²) < 4.78 is 12.0. The fourth-order valence-corrected chi connectivity index (χ4v) is 2.42. The first kappa shape index (κ1) is 11.2. The topological polar surface area (TPSA) is 30.5 Å². The zero-order valence-electron chi connectivity index (χ0n) is 8.63. The quantitative estimate of drug-likeness (QED) is 0.846. The van der Waals surface area contributed by atoms with Crippen LogP contribution >= 0.6 is 22.6 Å². The number of morpholine rings is 1. The van der Waals surface area contributed by atoms with Gasteiger partial charge in [0.15, 0.2) is 0 Å². The Morgan fingerprint density at radius 3 is 3.00 bits per heavy atom. The minimum absolute atomic E-state index is 0.179. The second-order valence-electron chi connectivity index (χ2n) is 3.46. The number of ether oxygens (including phenoxy) is 2. The van der Waals surface area contributed by atoms with E-state index in [0.717, 1.165) is 29.0 Å². The molecule has 4 heteroatoms. The first-order valence-electron chi connectivity index (χ1n) is 4.97. The van der Waals surface area contributed by atoms with Crippen LogP contribution in [0.2, 0.25) is 0 Å². The van der Waals surface area contributed by atoms with Crippen LogP contribution in [0.1, 0.15) is 11.7 Å². The van der Waals surface area contributed by atoms with Crippen molar-refractivity contribution in [3.8, 4) is 5.75 Å². The van der Waals surface area contributed by atoms with Gasteiger partial charge in [-0.15, -0.1) is 0 Å². The molecule has 1 aliphatic rings. The van der Waals surface area contributed by atoms with Gasteiger partial charge in [0.2, 0.25) is 0 Å². The van der Waals surface area contributed by atoms with Gasteiger partial charge in [-0.3, -0.25) is 0 Å². The van der Waals surface area contributed by atoms with E-state index in [2.05, 4.69) is 40.0 Å². The molecule has 0 amide bonds. The van der Waals surface area contributed by atoms with Gasteiger partial charge in [-0.2, -0.15) is 0 Å². The normalized spacial score (nSPS) is 21.3. The van der Waals surface area contributed by atoms with Crippen molar-refractivity contribution < 1.29 is 9.47 Å². The summed E-state index contributed by atoms with van der Waals surface area (Å²) >= 11 is 2.28. The summed E-state index contributed by atoms with van der Waals surface area (Å²) in [5, 5.41) is 3.32. The molecule has 1 aromatic carbocycles. The molecule has 1 N–H and O–H groups in total. The lowest BCUT2D eigenvalue weighted by Gasteiger charge is -2.24. The van der Waals surface area contributed by atoms with E-state index in [4.69, 9.17) is 9.47 Å². The molecule has 82 valence electrons. The molecule has 15 heavy (non-hydrogen) atoms. The summed E-state index contributed by atoms with van der Waals surface area (Å²) in [5.74, 6) is 0.920. The summed E-state index contributed by atoms with van der Waals surface area (Å²) in [5.41, 5.74) is 1.22. The van der Waals surface area contributed by atoms with Gasteiger partial charge >= 0.3 is 0 Å². The monoisotopic (exact) mass is 319 g/mol. The van der Waals surface area contributed by atoms with Crippen LogP contribution in [0.3, 0.4) is 0 Å². The lowest BCUT2D eigenvalue weighted by atomic mass is 10.1. The Labute approximate surface area is 103 Å². The molecule has 0 aliphatic carbocycles. The van der Waals surface area contributed by atoms with Gasteiger partial charge in [0, 0.05) is 13.1 Å². The van der Waals surface area contributed by atoms with E-state index >= 15 is 0 Å². The highest BCUT2D eigenvalue weighted by atomic mass is 127. The fourth-order valence-electron chi connectivity index (χ4n) is 1.66. The Balaban J connectivity index is 2.17. The van der Waals surface area contributed by atoms with Crippen molar-refractivity contribution in [1.29, 1.82) is 0 Å². The van der Waals surface area contributed by atoms with Crippen LogP contribution in [-0.2, 0) is 4.74 Å². The van der Waals surface area contributed by atoms with Gasteiger partial charge < -0.3 is 14.8 Å². The molecule has 0 saturated carbocycles. The van der Waals surface area contributed by atoms with Gasteiger partial charge in [0.1, 0.15) is 5.75 Å². The van der Waals surface area contributed by atoms with E-state index in [1.807, 2.05) is 6.07 Å². The maximum absolute atomic E-state index is 5.69. The number of nitrogens with one attached hydrogen (secondary N) is 1. The molecule has 0 bridgehead atoms. The standard InChI is InChI=1S/C11H14INO2/c1-14-10-3-2-8(6-9(10)12)11-7-13-4-5-15-11/h2-3,6,11,13H,4-5,7H2,1H3/t11-/m1/s1. The summed E-state index contributed by atoms with van der Waals surface area (Å²) in [6, 6.07) is 6.19. The van der Waals surface area contributed by atoms with Gasteiger partial charge in [-0.1, -0.05) is 6.07 Å². The molecule has 1 heterocycles. The predicted octanol–water partition coefficient (Wildman–Crippen LogP) is 1.96. The smallest absolute Gasteiger partial charge is 0.132 e. The van der Waals surface area contributed by atoms with Crippen molar-refractivity contribution in [2.45, 2.75) is 6.10 Å². The molecule has 0 unspecified atom stereocenters. The molecule has 1 fully saturated rings. The summed E-state index contributed by atoms with van der Waals surface area (Å²) in [6.45, 7) is 2.62. The van der Waals surface area contributed by atoms with E-state index in [1.54, 1.807) is 7.11 Å². The second kappa shape index (κ2) is 5.14. The molecule has 0 radical (unpaired) electrons. The highest BCUT2D eigenvalue weighted by Crippen LogP contribution is 2.26. The minimum Gasteiger partial charge on any atom is -0.496 e. The Morgan fingerprint density at radius 2 is 2.40 bits per heavy atom. The summed E-state index contributed by atoms with van der Waals surface area (Å²) in [7, 11) is 1.69. The molecule has 1 atom stereocenters. The SMILES string of the molecule is COc1ccc([C@H]2CNCCO2)cc1I. The maximum Gasteiger partial charge on any atom is 0.132 e. The first-order valence-corrected chi connectivity index (χ1v) is 6.05. The van der Waals surface area contributed by atoms with Crippen molar-refractivity contribution in [3.05, 3.63) is 27.3 Å². The molecule has 1 saturated heterocycles. The number of hydrogen-bond donors (Lipinski definition) is 1. The largest absolute Gasteiger partial charge is 0.496 e. The second-order valence-corrected chi connectivity index (χ2v) is 4.62. The van der Waals surface area contributed by atoms with Crippen LogP contribution in [0.25, 0.3) is 0 Å². The van der Waals surface area contributed by atoms with Crippen molar-refractivity contribution >= 4 is 22.6 Å². The van der Waals surface area contributed by atoms with E-state index in [1.165, 1.54) is 5.56 Å². The van der Waals surface area contributed by atoms with Crippen molar-refractivity contribution in [2.75, 3.05) is 26.8 Å². The van der Waals surface area contributed by atoms with Crippen molar-refractivity contribution in [3.63, 3.8) is 0 Å². The lowest BCUT2D eigenvalue weighted by molar-refractivity contribution is 0.0276. The van der Waals surface area contributed by atoms with E-state index in [0.29, 0.717) is 0 Å². The van der Waals surface area contributed by atoms with Gasteiger partial charge in [-0.25, -0.2) is 0 Å². The molecular weight excluding hydrogens is 305 g/mol. The molecule has 1 aliphatic heterocycles. The highest BCUT2D eigenvalue weighted by molar-refractivity contribution is 14.1. The predicted molar refractivity (Wildman–Crippen MR) is 67.3 cm³/mol. The fraction of sp³-hybridized carbons (Fsp3) is 0.455. The number of methoxy groups -OCH3 is 1. The Kier molecular flexibility index (Phi) is 3.82. The summed E-state index contributed by atoms with van der Waals surface area (Å²) in [4.78, 5) is 0. The van der Waals surface area contributed by atoms with Crippen LogP contribution in [0.4, 0.5) is 0 Å². The van der Waals surface area contributed by atoms with Gasteiger partial charge in [0.05, 0.1) is 23.4 Å². The third-order valence-corrected chi connectivity index (χ3v) is 3.32. The Hall–Kier alpha value is -0.330. The third-order valence-electron chi connectivity index (χ3n) is 2.48. The average Bonchev–Trinajstić information content (AvgIpc) is 2.30. The minimum atomic E-state index is 0.179. The zero-order chi connectivity index (χ0) is 10.7. The van der Waals surface area contributed by atoms with Gasteiger partial charge in [-0.05, 0) is 40.3 Å². The maximum atomic E-state index is 5.69. The van der Waals surface area contributed by atoms with Crippen LogP contribution in [0.15, 0.2) is 18.2 Å². The number of hydrogen-bond acceptors (Lipinski definition) is 3. The molecule has 1 aromatic rings. The third kappa shape index (κ3) is 2.62. The Morgan fingerprint density at radius 1 is 1.53 bits per heavy atom. The van der Waals surface area contributed by atoms with E-state index in [-0.39, 0.29) is 6.10 Å². The average molecular weight is 319 g/mol. The van der Waals surface area contributed by atoms with Crippen molar-refractivity contribution in [2.24, 2.45) is 0 Å². The highest BCUT2D eigenvalue weighted by Gasteiger charge is 2.16. The number of benzene rings is 1. The molecule has 3 nitrogen and oxygen atoms in total. The molecule has 0 aromatic heterocycles. The van der Waals surface area contributed by atoms with Crippen LogP contribution in [0, 0.1) is 3.57 Å². The lowest BCUT2D eigenvalue weighted by Crippen LogP contribution is -2.33. The van der Waals surface area contributed by atoms with E-state index < -0.39 is 0 Å². The summed E-state index contributed by atoms with van der Waals surface area (Å²) in [6.07, 6.45) is 0.179. The zero-order valence-corrected chi connectivity index (χ0v) is 10.8. The van der Waals surface area contributed by atoms with Crippen LogP contribution in [-0.4, -0.2) is 26.8 Å².